The number of thiophene rings is 1. The minimum atomic E-state index is -3.81. The zero-order valence-electron chi connectivity index (χ0n) is 9.65. The van der Waals surface area contributed by atoms with Gasteiger partial charge in [-0.1, -0.05) is 0 Å². The number of aromatic hydroxyl groups is 1. The Morgan fingerprint density at radius 2 is 2.05 bits per heavy atom. The second kappa shape index (κ2) is 5.10. The molecule has 0 amide bonds. The quantitative estimate of drug-likeness (QED) is 0.818. The van der Waals surface area contributed by atoms with Crippen molar-refractivity contribution in [2.75, 3.05) is 4.72 Å². The summed E-state index contributed by atoms with van der Waals surface area (Å²) < 4.78 is 40.0. The average molecular weight is 366 g/mol. The predicted molar refractivity (Wildman–Crippen MR) is 75.6 cm³/mol. The molecule has 2 rings (SSSR count). The minimum absolute atomic E-state index is 0.0666. The molecule has 0 saturated heterocycles. The first kappa shape index (κ1) is 14.3. The van der Waals surface area contributed by atoms with Gasteiger partial charge in [0, 0.05) is 10.9 Å². The Labute approximate surface area is 122 Å². The van der Waals surface area contributed by atoms with E-state index in [2.05, 4.69) is 20.7 Å². The summed E-state index contributed by atoms with van der Waals surface area (Å²) in [5.41, 5.74) is -0.0666. The number of anilines is 1. The molecule has 0 saturated carbocycles. The molecule has 0 aliphatic heterocycles. The molecule has 0 aliphatic carbocycles. The molecule has 1 heterocycles. The minimum Gasteiger partial charge on any atom is -0.506 e. The van der Waals surface area contributed by atoms with E-state index in [0.717, 1.165) is 12.1 Å². The lowest BCUT2D eigenvalue weighted by atomic mass is 10.3. The smallest absolute Gasteiger partial charge is 0.263 e. The lowest BCUT2D eigenvalue weighted by Crippen LogP contribution is -2.13. The van der Waals surface area contributed by atoms with Crippen LogP contribution in [0.25, 0.3) is 0 Å². The molecule has 1 aromatic carbocycles. The summed E-state index contributed by atoms with van der Waals surface area (Å²) in [5, 5.41) is 9.50. The van der Waals surface area contributed by atoms with Gasteiger partial charge >= 0.3 is 0 Å². The van der Waals surface area contributed by atoms with Gasteiger partial charge in [-0.3, -0.25) is 4.72 Å². The number of nitrogens with one attached hydrogen (secondary N) is 1. The van der Waals surface area contributed by atoms with Crippen LogP contribution in [0.5, 0.6) is 5.75 Å². The molecule has 0 bridgehead atoms. The lowest BCUT2D eigenvalue weighted by molar-refractivity contribution is 0.471. The van der Waals surface area contributed by atoms with Crippen LogP contribution in [0.15, 0.2) is 32.9 Å². The molecule has 102 valence electrons. The van der Waals surface area contributed by atoms with Crippen LogP contribution >= 0.6 is 27.3 Å². The number of sulfonamides is 1. The third kappa shape index (κ3) is 3.07. The van der Waals surface area contributed by atoms with E-state index in [-0.39, 0.29) is 10.6 Å². The fourth-order valence-corrected chi connectivity index (χ4v) is 4.98. The summed E-state index contributed by atoms with van der Waals surface area (Å²) in [6.45, 7) is 1.68. The topological polar surface area (TPSA) is 66.4 Å². The van der Waals surface area contributed by atoms with E-state index in [9.17, 15) is 17.9 Å². The standard InChI is InChI=1S/C11H9BrFNO3S2/c1-6-10(5-11(12)18-6)19(16,17)14-8-3-2-7(13)4-9(8)15/h2-5,14-15H,1H3. The Bertz CT molecular complexity index is 728. The van der Waals surface area contributed by atoms with E-state index in [1.165, 1.54) is 23.5 Å². The van der Waals surface area contributed by atoms with Crippen molar-refractivity contribution in [3.05, 3.63) is 38.7 Å². The molecule has 0 aliphatic rings. The average Bonchev–Trinajstić information content (AvgIpc) is 2.63. The van der Waals surface area contributed by atoms with Crippen LogP contribution in [-0.4, -0.2) is 13.5 Å². The van der Waals surface area contributed by atoms with Crippen molar-refractivity contribution in [2.24, 2.45) is 0 Å². The van der Waals surface area contributed by atoms with Gasteiger partial charge in [0.05, 0.1) is 9.47 Å². The molecule has 0 fully saturated rings. The van der Waals surface area contributed by atoms with Crippen molar-refractivity contribution < 1.29 is 17.9 Å². The van der Waals surface area contributed by atoms with E-state index in [0.29, 0.717) is 8.66 Å². The van der Waals surface area contributed by atoms with Crippen LogP contribution in [0.3, 0.4) is 0 Å². The Morgan fingerprint density at radius 1 is 1.37 bits per heavy atom. The van der Waals surface area contributed by atoms with Crippen LogP contribution in [0.4, 0.5) is 10.1 Å². The van der Waals surface area contributed by atoms with Gasteiger partial charge in [-0.05, 0) is 41.1 Å². The van der Waals surface area contributed by atoms with E-state index in [1.54, 1.807) is 6.92 Å². The van der Waals surface area contributed by atoms with Crippen LogP contribution in [0.1, 0.15) is 4.88 Å². The van der Waals surface area contributed by atoms with Gasteiger partial charge in [0.15, 0.2) is 0 Å². The highest BCUT2D eigenvalue weighted by Gasteiger charge is 2.20. The fraction of sp³-hybridized carbons (Fsp3) is 0.0909. The molecular formula is C11H9BrFNO3S2. The molecule has 4 nitrogen and oxygen atoms in total. The van der Waals surface area contributed by atoms with Crippen molar-refractivity contribution in [1.82, 2.24) is 0 Å². The summed E-state index contributed by atoms with van der Waals surface area (Å²) in [5.74, 6) is -1.11. The summed E-state index contributed by atoms with van der Waals surface area (Å²) >= 11 is 4.50. The van der Waals surface area contributed by atoms with Crippen molar-refractivity contribution >= 4 is 43.0 Å². The molecule has 0 spiro atoms. The first-order valence-corrected chi connectivity index (χ1v) is 8.16. The Hall–Kier alpha value is -1.12. The van der Waals surface area contributed by atoms with E-state index in [4.69, 9.17) is 0 Å². The van der Waals surface area contributed by atoms with E-state index >= 15 is 0 Å². The predicted octanol–water partition coefficient (Wildman–Crippen LogP) is 3.46. The van der Waals surface area contributed by atoms with Gasteiger partial charge < -0.3 is 5.11 Å². The van der Waals surface area contributed by atoms with E-state index < -0.39 is 21.6 Å². The van der Waals surface area contributed by atoms with Gasteiger partial charge in [-0.2, -0.15) is 0 Å². The first-order valence-electron chi connectivity index (χ1n) is 5.07. The maximum absolute atomic E-state index is 12.8. The number of halogens is 2. The first-order chi connectivity index (χ1) is 8.79. The van der Waals surface area contributed by atoms with Crippen molar-refractivity contribution in [3.8, 4) is 5.75 Å². The number of aryl methyl sites for hydroxylation is 1. The van der Waals surface area contributed by atoms with Crippen LogP contribution in [0, 0.1) is 12.7 Å². The molecule has 0 radical (unpaired) electrons. The largest absolute Gasteiger partial charge is 0.506 e. The number of hydrogen-bond acceptors (Lipinski definition) is 4. The lowest BCUT2D eigenvalue weighted by Gasteiger charge is -2.09. The summed E-state index contributed by atoms with van der Waals surface area (Å²) in [6, 6.07) is 4.55. The highest BCUT2D eigenvalue weighted by molar-refractivity contribution is 9.11. The molecular weight excluding hydrogens is 357 g/mol. The monoisotopic (exact) mass is 365 g/mol. The zero-order chi connectivity index (χ0) is 14.2. The Kier molecular flexibility index (Phi) is 3.84. The van der Waals surface area contributed by atoms with Gasteiger partial charge in [0.25, 0.3) is 10.0 Å². The van der Waals surface area contributed by atoms with Crippen LogP contribution in [-0.2, 0) is 10.0 Å². The normalized spacial score (nSPS) is 11.5. The van der Waals surface area contributed by atoms with Gasteiger partial charge in [-0.25, -0.2) is 12.8 Å². The molecule has 2 N–H and O–H groups in total. The Balaban J connectivity index is 2.39. The van der Waals surface area contributed by atoms with Crippen LogP contribution in [0.2, 0.25) is 0 Å². The number of benzene rings is 1. The van der Waals surface area contributed by atoms with Crippen molar-refractivity contribution in [3.63, 3.8) is 0 Å². The third-order valence-corrected chi connectivity index (χ3v) is 5.51. The highest BCUT2D eigenvalue weighted by Crippen LogP contribution is 2.32. The molecule has 2 aromatic rings. The number of phenols is 1. The van der Waals surface area contributed by atoms with Gasteiger partial charge in [0.1, 0.15) is 16.5 Å². The van der Waals surface area contributed by atoms with Crippen molar-refractivity contribution in [2.45, 2.75) is 11.8 Å². The van der Waals surface area contributed by atoms with Crippen LogP contribution < -0.4 is 4.72 Å². The number of phenolic OH excluding ortho intramolecular Hbond substituents is 1. The summed E-state index contributed by atoms with van der Waals surface area (Å²) in [6.07, 6.45) is 0. The second-order valence-electron chi connectivity index (χ2n) is 3.74. The molecule has 1 aromatic heterocycles. The summed E-state index contributed by atoms with van der Waals surface area (Å²) in [4.78, 5) is 0.731. The number of rotatable bonds is 3. The Morgan fingerprint density at radius 3 is 2.58 bits per heavy atom. The van der Waals surface area contributed by atoms with Crippen molar-refractivity contribution in [1.29, 1.82) is 0 Å². The molecule has 19 heavy (non-hydrogen) atoms. The fourth-order valence-electron chi connectivity index (χ4n) is 1.49. The molecule has 8 heteroatoms. The molecule has 0 unspecified atom stereocenters. The van der Waals surface area contributed by atoms with Gasteiger partial charge in [-0.15, -0.1) is 11.3 Å². The third-order valence-electron chi connectivity index (χ3n) is 2.34. The SMILES string of the molecule is Cc1sc(Br)cc1S(=O)(=O)Nc1ccc(F)cc1O. The number of hydrogen-bond donors (Lipinski definition) is 2. The zero-order valence-corrected chi connectivity index (χ0v) is 12.9. The second-order valence-corrected chi connectivity index (χ2v) is 8.02. The maximum Gasteiger partial charge on any atom is 0.263 e. The highest BCUT2D eigenvalue weighted by atomic mass is 79.9. The summed E-state index contributed by atoms with van der Waals surface area (Å²) in [7, 11) is -3.81. The van der Waals surface area contributed by atoms with Gasteiger partial charge in [0.2, 0.25) is 0 Å². The van der Waals surface area contributed by atoms with E-state index in [1.807, 2.05) is 0 Å². The molecule has 0 atom stereocenters. The maximum atomic E-state index is 12.8.